The molecule has 0 aliphatic rings. The summed E-state index contributed by atoms with van der Waals surface area (Å²) in [6.45, 7) is 0.186. The van der Waals surface area contributed by atoms with Gasteiger partial charge in [-0.25, -0.2) is 17.2 Å². The first-order chi connectivity index (χ1) is 12.7. The van der Waals surface area contributed by atoms with Gasteiger partial charge >= 0.3 is 0 Å². The molecule has 5 nitrogen and oxygen atoms in total. The smallest absolute Gasteiger partial charge is 0.265 e. The molecule has 3 rings (SSSR count). The fourth-order valence-electron chi connectivity index (χ4n) is 2.24. The highest BCUT2D eigenvalue weighted by Crippen LogP contribution is 2.26. The number of aromatic nitrogens is 2. The average Bonchev–Trinajstić information content (AvgIpc) is 2.91. The molecule has 0 atom stereocenters. The Kier molecular flexibility index (Phi) is 5.62. The summed E-state index contributed by atoms with van der Waals surface area (Å²) in [7, 11) is -4.43. The van der Waals surface area contributed by atoms with Crippen LogP contribution in [0.2, 0.25) is 15.1 Å². The highest BCUT2D eigenvalue weighted by Gasteiger charge is 2.23. The van der Waals surface area contributed by atoms with Crippen LogP contribution in [-0.2, 0) is 16.6 Å². The quantitative estimate of drug-likeness (QED) is 0.594. The topological polar surface area (TPSA) is 64.0 Å². The summed E-state index contributed by atoms with van der Waals surface area (Å²) >= 11 is 17.9. The molecule has 27 heavy (non-hydrogen) atoms. The Labute approximate surface area is 168 Å². The van der Waals surface area contributed by atoms with Gasteiger partial charge in [0.05, 0.1) is 6.54 Å². The molecule has 142 valence electrons. The summed E-state index contributed by atoms with van der Waals surface area (Å²) < 4.78 is 55.1. The molecule has 1 heterocycles. The number of anilines is 1. The van der Waals surface area contributed by atoms with Crippen molar-refractivity contribution >= 4 is 50.6 Å². The number of halogens is 5. The SMILES string of the molecule is O=S(=O)(Nc1nn(Cc2ccc(Cl)cc2Cl)cc1Cl)c1cc(F)ccc1F. The van der Waals surface area contributed by atoms with Gasteiger partial charge in [-0.05, 0) is 35.9 Å². The summed E-state index contributed by atoms with van der Waals surface area (Å²) in [6, 6.07) is 6.98. The van der Waals surface area contributed by atoms with Gasteiger partial charge < -0.3 is 0 Å². The minimum atomic E-state index is -4.43. The first-order valence-corrected chi connectivity index (χ1v) is 9.92. The van der Waals surface area contributed by atoms with E-state index in [4.69, 9.17) is 34.8 Å². The largest absolute Gasteiger partial charge is 0.266 e. The van der Waals surface area contributed by atoms with Gasteiger partial charge in [0.15, 0.2) is 5.82 Å². The zero-order valence-corrected chi connectivity index (χ0v) is 16.3. The van der Waals surface area contributed by atoms with E-state index < -0.39 is 26.6 Å². The van der Waals surface area contributed by atoms with E-state index in [1.54, 1.807) is 18.2 Å². The summed E-state index contributed by atoms with van der Waals surface area (Å²) in [5, 5.41) is 4.86. The van der Waals surface area contributed by atoms with E-state index in [1.807, 2.05) is 4.72 Å². The van der Waals surface area contributed by atoms with Gasteiger partial charge in [-0.15, -0.1) is 0 Å². The molecule has 0 saturated carbocycles. The van der Waals surface area contributed by atoms with Crippen molar-refractivity contribution in [2.75, 3.05) is 4.72 Å². The maximum Gasteiger partial charge on any atom is 0.266 e. The minimum Gasteiger partial charge on any atom is -0.265 e. The molecule has 0 fully saturated rings. The molecule has 0 spiro atoms. The maximum atomic E-state index is 13.8. The first-order valence-electron chi connectivity index (χ1n) is 7.30. The van der Waals surface area contributed by atoms with Crippen LogP contribution in [0.5, 0.6) is 0 Å². The van der Waals surface area contributed by atoms with Crippen LogP contribution in [0, 0.1) is 11.6 Å². The summed E-state index contributed by atoms with van der Waals surface area (Å²) in [4.78, 5) is -0.853. The highest BCUT2D eigenvalue weighted by atomic mass is 35.5. The molecule has 0 radical (unpaired) electrons. The van der Waals surface area contributed by atoms with Crippen molar-refractivity contribution < 1.29 is 17.2 Å². The highest BCUT2D eigenvalue weighted by molar-refractivity contribution is 7.92. The Morgan fingerprint density at radius 3 is 2.48 bits per heavy atom. The Bertz CT molecular complexity index is 1120. The molecule has 0 bridgehead atoms. The van der Waals surface area contributed by atoms with Crippen LogP contribution in [-0.4, -0.2) is 18.2 Å². The molecule has 0 unspecified atom stereocenters. The molecule has 1 aromatic heterocycles. The molecule has 0 amide bonds. The Morgan fingerprint density at radius 2 is 1.78 bits per heavy atom. The van der Waals surface area contributed by atoms with Gasteiger partial charge in [-0.2, -0.15) is 5.10 Å². The predicted octanol–water partition coefficient (Wildman–Crippen LogP) is 4.97. The van der Waals surface area contributed by atoms with Crippen LogP contribution in [0.1, 0.15) is 5.56 Å². The number of rotatable bonds is 5. The third-order valence-corrected chi connectivity index (χ3v) is 5.70. The van der Waals surface area contributed by atoms with Gasteiger partial charge in [-0.1, -0.05) is 40.9 Å². The van der Waals surface area contributed by atoms with Crippen LogP contribution in [0.3, 0.4) is 0 Å². The summed E-state index contributed by atoms with van der Waals surface area (Å²) in [5.74, 6) is -2.23. The minimum absolute atomic E-state index is 0.0273. The Hall–Kier alpha value is -1.87. The second-order valence-electron chi connectivity index (χ2n) is 5.44. The lowest BCUT2D eigenvalue weighted by Crippen LogP contribution is -2.16. The van der Waals surface area contributed by atoms with Gasteiger partial charge in [0.25, 0.3) is 10.0 Å². The molecule has 0 aliphatic carbocycles. The number of hydrogen-bond donors (Lipinski definition) is 1. The van der Waals surface area contributed by atoms with Crippen molar-refractivity contribution in [2.45, 2.75) is 11.4 Å². The van der Waals surface area contributed by atoms with Crippen molar-refractivity contribution in [1.82, 2.24) is 9.78 Å². The van der Waals surface area contributed by atoms with Crippen LogP contribution in [0.25, 0.3) is 0 Å². The molecule has 11 heteroatoms. The zero-order chi connectivity index (χ0) is 19.8. The van der Waals surface area contributed by atoms with Crippen LogP contribution in [0.15, 0.2) is 47.5 Å². The Morgan fingerprint density at radius 1 is 1.04 bits per heavy atom. The van der Waals surface area contributed by atoms with E-state index in [2.05, 4.69) is 5.10 Å². The van der Waals surface area contributed by atoms with E-state index in [0.717, 1.165) is 6.07 Å². The van der Waals surface area contributed by atoms with E-state index in [-0.39, 0.29) is 17.4 Å². The van der Waals surface area contributed by atoms with Crippen molar-refractivity contribution in [3.05, 3.63) is 74.9 Å². The van der Waals surface area contributed by atoms with Crippen LogP contribution < -0.4 is 4.72 Å². The monoisotopic (exact) mass is 451 g/mol. The van der Waals surface area contributed by atoms with E-state index >= 15 is 0 Å². The van der Waals surface area contributed by atoms with E-state index in [0.29, 0.717) is 27.7 Å². The van der Waals surface area contributed by atoms with Gasteiger partial charge in [0, 0.05) is 16.2 Å². The van der Waals surface area contributed by atoms with E-state index in [9.17, 15) is 17.2 Å². The normalized spacial score (nSPS) is 11.6. The van der Waals surface area contributed by atoms with Gasteiger partial charge in [0.2, 0.25) is 0 Å². The number of hydrogen-bond acceptors (Lipinski definition) is 3. The summed E-state index contributed by atoms with van der Waals surface area (Å²) in [5.41, 5.74) is 0.672. The molecule has 3 aromatic rings. The third-order valence-electron chi connectivity index (χ3n) is 3.48. The number of sulfonamides is 1. The fourth-order valence-corrected chi connectivity index (χ4v) is 4.07. The van der Waals surface area contributed by atoms with Crippen molar-refractivity contribution in [1.29, 1.82) is 0 Å². The molecule has 1 N–H and O–H groups in total. The Balaban J connectivity index is 1.87. The maximum absolute atomic E-state index is 13.8. The number of nitrogens with one attached hydrogen (secondary N) is 1. The molecule has 0 saturated heterocycles. The lowest BCUT2D eigenvalue weighted by atomic mass is 10.2. The second kappa shape index (κ2) is 7.63. The molecule has 2 aromatic carbocycles. The van der Waals surface area contributed by atoms with Crippen molar-refractivity contribution in [2.24, 2.45) is 0 Å². The molecular formula is C16H10Cl3F2N3O2S. The van der Waals surface area contributed by atoms with Gasteiger partial charge in [-0.3, -0.25) is 9.40 Å². The van der Waals surface area contributed by atoms with Crippen molar-refractivity contribution in [3.63, 3.8) is 0 Å². The lowest BCUT2D eigenvalue weighted by molar-refractivity contribution is 0.555. The lowest BCUT2D eigenvalue weighted by Gasteiger charge is -2.07. The predicted molar refractivity (Wildman–Crippen MR) is 100.0 cm³/mol. The standard InChI is InChI=1S/C16H10Cl3F2N3O2S/c17-10-2-1-9(12(18)5-10)7-24-8-13(19)16(22-24)23-27(25,26)15-6-11(20)3-4-14(15)21/h1-6,8H,7H2,(H,22,23). The number of benzene rings is 2. The molecule has 0 aliphatic heterocycles. The van der Waals surface area contributed by atoms with Crippen molar-refractivity contribution in [3.8, 4) is 0 Å². The van der Waals surface area contributed by atoms with Gasteiger partial charge in [0.1, 0.15) is 21.6 Å². The fraction of sp³-hybridized carbons (Fsp3) is 0.0625. The molecular weight excluding hydrogens is 443 g/mol. The average molecular weight is 453 g/mol. The van der Waals surface area contributed by atoms with Crippen LogP contribution >= 0.6 is 34.8 Å². The van der Waals surface area contributed by atoms with Crippen LogP contribution in [0.4, 0.5) is 14.6 Å². The number of nitrogens with zero attached hydrogens (tertiary/aromatic N) is 2. The first kappa shape index (κ1) is 19.9. The summed E-state index contributed by atoms with van der Waals surface area (Å²) in [6.07, 6.45) is 1.37. The second-order valence-corrected chi connectivity index (χ2v) is 8.34. The third kappa shape index (κ3) is 4.52. The zero-order valence-electron chi connectivity index (χ0n) is 13.3. The van der Waals surface area contributed by atoms with E-state index in [1.165, 1.54) is 10.9 Å².